The molecule has 0 radical (unpaired) electrons. The van der Waals surface area contributed by atoms with Crippen LogP contribution in [-0.2, 0) is 25.4 Å². The molecule has 0 saturated carbocycles. The van der Waals surface area contributed by atoms with Crippen LogP contribution >= 0.6 is 0 Å². The molecule has 0 spiro atoms. The van der Waals surface area contributed by atoms with Gasteiger partial charge in [-0.2, -0.15) is 0 Å². The van der Waals surface area contributed by atoms with E-state index in [0.29, 0.717) is 44.7 Å². The zero-order chi connectivity index (χ0) is 34.9. The smallest absolute Gasteiger partial charge is 0.414 e. The maximum atomic E-state index is 13.7. The van der Waals surface area contributed by atoms with Gasteiger partial charge in [0.15, 0.2) is 0 Å². The van der Waals surface area contributed by atoms with Crippen molar-refractivity contribution in [3.8, 4) is 0 Å². The van der Waals surface area contributed by atoms with Crippen molar-refractivity contribution in [2.45, 2.75) is 118 Å². The van der Waals surface area contributed by atoms with E-state index in [1.807, 2.05) is 34.6 Å². The summed E-state index contributed by atoms with van der Waals surface area (Å²) < 4.78 is 17.7. The lowest BCUT2D eigenvalue weighted by molar-refractivity contribution is -0.138. The van der Waals surface area contributed by atoms with Gasteiger partial charge in [0.2, 0.25) is 11.9 Å². The number of hydrogen-bond acceptors (Lipinski definition) is 10. The molecule has 1 aromatic rings. The number of amides is 4. The van der Waals surface area contributed by atoms with Gasteiger partial charge in [-0.1, -0.05) is 25.5 Å². The van der Waals surface area contributed by atoms with Crippen LogP contribution in [0.1, 0.15) is 101 Å². The molecule has 4 amide bonds. The summed E-state index contributed by atoms with van der Waals surface area (Å²) in [4.78, 5) is 58.5. The number of aryl methyl sites for hydroxylation is 1. The minimum Gasteiger partial charge on any atom is -0.444 e. The second kappa shape index (κ2) is 16.1. The van der Waals surface area contributed by atoms with Gasteiger partial charge in [-0.05, 0) is 81.1 Å². The average Bonchev–Trinajstić information content (AvgIpc) is 3.36. The zero-order valence-corrected chi connectivity index (χ0v) is 29.4. The summed E-state index contributed by atoms with van der Waals surface area (Å²) in [6.45, 7) is 21.7. The first-order valence-corrected chi connectivity index (χ1v) is 15.9. The normalized spacial score (nSPS) is 15.4. The Morgan fingerprint density at radius 3 is 1.83 bits per heavy atom. The number of carbonyl (C=O) groups is 4. The van der Waals surface area contributed by atoms with E-state index in [4.69, 9.17) is 14.2 Å². The highest BCUT2D eigenvalue weighted by Crippen LogP contribution is 2.24. The number of carbonyl (C=O) groups excluding carboxylic acids is 4. The van der Waals surface area contributed by atoms with Crippen LogP contribution in [0, 0.1) is 5.92 Å². The van der Waals surface area contributed by atoms with Crippen molar-refractivity contribution < 1.29 is 33.4 Å². The molecule has 0 aliphatic carbocycles. The molecule has 0 aromatic carbocycles. The van der Waals surface area contributed by atoms with Crippen molar-refractivity contribution >= 4 is 30.1 Å². The van der Waals surface area contributed by atoms with Crippen LogP contribution in [0.2, 0.25) is 0 Å². The summed E-state index contributed by atoms with van der Waals surface area (Å²) in [5.74, 6) is -0.164. The van der Waals surface area contributed by atoms with Gasteiger partial charge in [-0.15, -0.1) is 5.10 Å². The summed E-state index contributed by atoms with van der Waals surface area (Å²) in [5, 5.41) is 13.5. The molecule has 0 bridgehead atoms. The number of aromatic nitrogens is 3. The van der Waals surface area contributed by atoms with Crippen molar-refractivity contribution in [1.29, 1.82) is 0 Å². The van der Waals surface area contributed by atoms with Gasteiger partial charge in [-0.25, -0.2) is 19.1 Å². The maximum absolute atomic E-state index is 13.7. The molecule has 1 saturated heterocycles. The molecular weight excluding hydrogens is 596 g/mol. The molecule has 46 heavy (non-hydrogen) atoms. The first-order chi connectivity index (χ1) is 21.2. The molecule has 1 fully saturated rings. The van der Waals surface area contributed by atoms with Crippen LogP contribution in [0.3, 0.4) is 0 Å². The minimum atomic E-state index is -0.766. The third-order valence-electron chi connectivity index (χ3n) is 6.62. The number of alkyl carbamates (subject to hydrolysis) is 2. The molecule has 2 heterocycles. The number of aliphatic imine (C=N–C) groups is 1. The highest BCUT2D eigenvalue weighted by Gasteiger charge is 2.34. The first-order valence-electron chi connectivity index (χ1n) is 15.9. The van der Waals surface area contributed by atoms with Crippen molar-refractivity contribution in [3.63, 3.8) is 0 Å². The number of rotatable bonds is 8. The summed E-state index contributed by atoms with van der Waals surface area (Å²) in [6.07, 6.45) is 1.63. The summed E-state index contributed by atoms with van der Waals surface area (Å²) in [6, 6.07) is -0.542. The van der Waals surface area contributed by atoms with E-state index in [1.54, 1.807) is 62.2 Å². The standard InChI is InChI=1S/C31H54N8O7/c1-12-21(2)23(24(40)37-16-18-38(19-17-37)28(43)46-31(9,10)11)39-20-22(35-36-39)14-13-15-32-25(33-26(41)44-29(3,4)5)34-27(42)45-30(6,7)8/h20-21,23H,12-19H2,1-11H3,(H2,32,33,34,41,42)/t21-,23+/m1/s1. The maximum Gasteiger partial charge on any atom is 0.414 e. The third kappa shape index (κ3) is 13.6. The minimum absolute atomic E-state index is 0.00375. The molecule has 2 N–H and O–H groups in total. The number of hydrogen-bond donors (Lipinski definition) is 2. The van der Waals surface area contributed by atoms with Gasteiger partial charge in [0.05, 0.1) is 5.69 Å². The SMILES string of the molecule is CC[C@@H](C)[C@@H](C(=O)N1CCN(C(=O)OC(C)(C)C)CC1)n1cc(CCCN=C(NC(=O)OC(C)(C)C)NC(=O)OC(C)(C)C)nn1. The van der Waals surface area contributed by atoms with Crippen LogP contribution in [-0.4, -0.2) is 104 Å². The van der Waals surface area contributed by atoms with E-state index in [-0.39, 0.29) is 30.4 Å². The van der Waals surface area contributed by atoms with E-state index in [0.717, 1.165) is 6.42 Å². The van der Waals surface area contributed by atoms with Crippen molar-refractivity contribution in [3.05, 3.63) is 11.9 Å². The molecule has 1 aromatic heterocycles. The summed E-state index contributed by atoms with van der Waals surface area (Å²) >= 11 is 0. The fourth-order valence-corrected chi connectivity index (χ4v) is 4.39. The van der Waals surface area contributed by atoms with Gasteiger partial charge in [-0.3, -0.25) is 20.4 Å². The molecule has 0 unspecified atom stereocenters. The van der Waals surface area contributed by atoms with E-state index >= 15 is 0 Å². The van der Waals surface area contributed by atoms with E-state index in [9.17, 15) is 19.2 Å². The molecule has 15 nitrogen and oxygen atoms in total. The predicted molar refractivity (Wildman–Crippen MR) is 172 cm³/mol. The Bertz CT molecular complexity index is 1190. The molecule has 15 heteroatoms. The molecule has 2 atom stereocenters. The first kappa shape index (κ1) is 38.3. The lowest BCUT2D eigenvalue weighted by atomic mass is 9.97. The topological polar surface area (TPSA) is 170 Å². The monoisotopic (exact) mass is 650 g/mol. The van der Waals surface area contributed by atoms with Crippen LogP contribution < -0.4 is 10.6 Å². The van der Waals surface area contributed by atoms with Crippen LogP contribution in [0.5, 0.6) is 0 Å². The number of nitrogens with one attached hydrogen (secondary N) is 2. The third-order valence-corrected chi connectivity index (χ3v) is 6.62. The highest BCUT2D eigenvalue weighted by molar-refractivity contribution is 6.01. The summed E-state index contributed by atoms with van der Waals surface area (Å²) in [5.41, 5.74) is -1.39. The molecule has 2 rings (SSSR count). The van der Waals surface area contributed by atoms with Crippen LogP contribution in [0.4, 0.5) is 14.4 Å². The van der Waals surface area contributed by atoms with E-state index < -0.39 is 35.0 Å². The average molecular weight is 651 g/mol. The van der Waals surface area contributed by atoms with Gasteiger partial charge in [0.25, 0.3) is 0 Å². The number of piperazine rings is 1. The zero-order valence-electron chi connectivity index (χ0n) is 29.4. The van der Waals surface area contributed by atoms with Crippen molar-refractivity contribution in [1.82, 2.24) is 35.4 Å². The van der Waals surface area contributed by atoms with Gasteiger partial charge in [0, 0.05) is 38.9 Å². The van der Waals surface area contributed by atoms with E-state index in [2.05, 4.69) is 25.9 Å². The Hall–Kier alpha value is -3.91. The predicted octanol–water partition coefficient (Wildman–Crippen LogP) is 4.28. The quantitative estimate of drug-likeness (QED) is 0.180. The Balaban J connectivity index is 2.04. The Kier molecular flexibility index (Phi) is 13.4. The molecular formula is C31H54N8O7. The molecule has 1 aliphatic heterocycles. The van der Waals surface area contributed by atoms with Gasteiger partial charge < -0.3 is 24.0 Å². The number of nitrogens with zero attached hydrogens (tertiary/aromatic N) is 6. The Morgan fingerprint density at radius 1 is 0.848 bits per heavy atom. The van der Waals surface area contributed by atoms with Gasteiger partial charge in [0.1, 0.15) is 22.8 Å². The fraction of sp³-hybridized carbons (Fsp3) is 0.774. The second-order valence-corrected chi connectivity index (χ2v) is 14.4. The number of guanidine groups is 1. The number of ether oxygens (including phenoxy) is 3. The van der Waals surface area contributed by atoms with E-state index in [1.165, 1.54) is 0 Å². The highest BCUT2D eigenvalue weighted by atomic mass is 16.6. The van der Waals surface area contributed by atoms with Gasteiger partial charge >= 0.3 is 18.3 Å². The molecule has 260 valence electrons. The Morgan fingerprint density at radius 2 is 1.35 bits per heavy atom. The summed E-state index contributed by atoms with van der Waals surface area (Å²) in [7, 11) is 0. The Labute approximate surface area is 272 Å². The lowest BCUT2D eigenvalue weighted by Gasteiger charge is -2.37. The van der Waals surface area contributed by atoms with Crippen LogP contribution in [0.15, 0.2) is 11.2 Å². The lowest BCUT2D eigenvalue weighted by Crippen LogP contribution is -2.53. The fourth-order valence-electron chi connectivity index (χ4n) is 4.39. The van der Waals surface area contributed by atoms with Crippen LogP contribution in [0.25, 0.3) is 0 Å². The van der Waals surface area contributed by atoms with Crippen molar-refractivity contribution in [2.24, 2.45) is 10.9 Å². The second-order valence-electron chi connectivity index (χ2n) is 14.4. The molecule has 1 aliphatic rings. The largest absolute Gasteiger partial charge is 0.444 e. The van der Waals surface area contributed by atoms with Crippen molar-refractivity contribution in [2.75, 3.05) is 32.7 Å².